The molecule has 2 aromatic carbocycles. The lowest BCUT2D eigenvalue weighted by atomic mass is 10.1. The standard InChI is InChI=1S/C19H19NO4/c21-19(20-11-14-4-3-9-22-14)12-23-13-7-8-18-16(10-13)15-5-1-2-6-17(15)24-18/h1-2,5-8,10,14H,3-4,9,11-12H2,(H,20,21)/t14-/m0/s1. The van der Waals surface area contributed by atoms with Crippen LogP contribution in [0.15, 0.2) is 46.9 Å². The van der Waals surface area contributed by atoms with Crippen LogP contribution in [-0.4, -0.2) is 31.8 Å². The van der Waals surface area contributed by atoms with E-state index < -0.39 is 0 Å². The van der Waals surface area contributed by atoms with E-state index in [1.54, 1.807) is 0 Å². The number of carbonyl (C=O) groups excluding carboxylic acids is 1. The highest BCUT2D eigenvalue weighted by molar-refractivity contribution is 6.05. The summed E-state index contributed by atoms with van der Waals surface area (Å²) in [5.74, 6) is 0.518. The molecule has 5 heteroatoms. The maximum atomic E-state index is 11.9. The Balaban J connectivity index is 1.40. The van der Waals surface area contributed by atoms with E-state index >= 15 is 0 Å². The van der Waals surface area contributed by atoms with E-state index in [0.717, 1.165) is 41.4 Å². The van der Waals surface area contributed by atoms with Crippen molar-refractivity contribution in [3.05, 3.63) is 42.5 Å². The molecule has 1 aliphatic rings. The number of fused-ring (bicyclic) bond motifs is 3. The van der Waals surface area contributed by atoms with Crippen LogP contribution in [0.25, 0.3) is 21.9 Å². The molecule has 0 aliphatic carbocycles. The number of nitrogens with one attached hydrogen (secondary N) is 1. The van der Waals surface area contributed by atoms with Crippen molar-refractivity contribution < 1.29 is 18.7 Å². The quantitative estimate of drug-likeness (QED) is 0.782. The predicted molar refractivity (Wildman–Crippen MR) is 91.2 cm³/mol. The van der Waals surface area contributed by atoms with E-state index in [4.69, 9.17) is 13.9 Å². The summed E-state index contributed by atoms with van der Waals surface area (Å²) in [6.45, 7) is 1.33. The molecular formula is C19H19NO4. The summed E-state index contributed by atoms with van der Waals surface area (Å²) in [4.78, 5) is 11.9. The zero-order valence-corrected chi connectivity index (χ0v) is 13.3. The van der Waals surface area contributed by atoms with Crippen molar-refractivity contribution in [2.75, 3.05) is 19.8 Å². The van der Waals surface area contributed by atoms with E-state index in [2.05, 4.69) is 5.32 Å². The molecule has 1 aliphatic heterocycles. The van der Waals surface area contributed by atoms with Crippen LogP contribution in [0.2, 0.25) is 0 Å². The van der Waals surface area contributed by atoms with E-state index in [9.17, 15) is 4.79 Å². The van der Waals surface area contributed by atoms with Crippen molar-refractivity contribution in [2.24, 2.45) is 0 Å². The second-order valence-corrected chi connectivity index (χ2v) is 5.98. The van der Waals surface area contributed by atoms with Crippen LogP contribution in [-0.2, 0) is 9.53 Å². The highest BCUT2D eigenvalue weighted by atomic mass is 16.5. The van der Waals surface area contributed by atoms with Gasteiger partial charge in [0.05, 0.1) is 6.10 Å². The normalized spacial score (nSPS) is 17.4. The molecule has 1 fully saturated rings. The summed E-state index contributed by atoms with van der Waals surface area (Å²) < 4.78 is 16.9. The number of amides is 1. The van der Waals surface area contributed by atoms with Crippen LogP contribution in [0.1, 0.15) is 12.8 Å². The molecule has 1 aromatic heterocycles. The third-order valence-electron chi connectivity index (χ3n) is 4.27. The van der Waals surface area contributed by atoms with Crippen LogP contribution in [0.3, 0.4) is 0 Å². The smallest absolute Gasteiger partial charge is 0.258 e. The highest BCUT2D eigenvalue weighted by Crippen LogP contribution is 2.31. The Kier molecular flexibility index (Phi) is 4.09. The highest BCUT2D eigenvalue weighted by Gasteiger charge is 2.16. The van der Waals surface area contributed by atoms with Gasteiger partial charge < -0.3 is 19.2 Å². The number of hydrogen-bond acceptors (Lipinski definition) is 4. The molecule has 0 unspecified atom stereocenters. The van der Waals surface area contributed by atoms with Crippen LogP contribution in [0.5, 0.6) is 5.75 Å². The minimum Gasteiger partial charge on any atom is -0.484 e. The third kappa shape index (κ3) is 3.08. The van der Waals surface area contributed by atoms with Crippen molar-refractivity contribution in [1.82, 2.24) is 5.32 Å². The predicted octanol–water partition coefficient (Wildman–Crippen LogP) is 3.26. The van der Waals surface area contributed by atoms with E-state index in [1.165, 1.54) is 0 Å². The van der Waals surface area contributed by atoms with Gasteiger partial charge in [0.25, 0.3) is 5.91 Å². The van der Waals surface area contributed by atoms with Gasteiger partial charge in [-0.05, 0) is 37.1 Å². The van der Waals surface area contributed by atoms with Gasteiger partial charge in [-0.2, -0.15) is 0 Å². The number of rotatable bonds is 5. The Hall–Kier alpha value is -2.53. The maximum absolute atomic E-state index is 11.9. The topological polar surface area (TPSA) is 60.7 Å². The fraction of sp³-hybridized carbons (Fsp3) is 0.316. The summed E-state index contributed by atoms with van der Waals surface area (Å²) in [7, 11) is 0. The lowest BCUT2D eigenvalue weighted by Gasteiger charge is -2.11. The average molecular weight is 325 g/mol. The maximum Gasteiger partial charge on any atom is 0.258 e. The van der Waals surface area contributed by atoms with E-state index in [0.29, 0.717) is 12.3 Å². The largest absolute Gasteiger partial charge is 0.484 e. The molecule has 1 amide bonds. The minimum atomic E-state index is -0.136. The number of carbonyl (C=O) groups is 1. The van der Waals surface area contributed by atoms with Gasteiger partial charge in [-0.15, -0.1) is 0 Å². The van der Waals surface area contributed by atoms with Crippen molar-refractivity contribution in [1.29, 1.82) is 0 Å². The third-order valence-corrected chi connectivity index (χ3v) is 4.27. The number of furan rings is 1. The molecule has 124 valence electrons. The molecule has 0 bridgehead atoms. The zero-order valence-electron chi connectivity index (χ0n) is 13.3. The lowest BCUT2D eigenvalue weighted by molar-refractivity contribution is -0.123. The van der Waals surface area contributed by atoms with Crippen LogP contribution >= 0.6 is 0 Å². The second-order valence-electron chi connectivity index (χ2n) is 5.98. The number of para-hydroxylation sites is 1. The molecule has 0 spiro atoms. The van der Waals surface area contributed by atoms with Crippen molar-refractivity contribution in [2.45, 2.75) is 18.9 Å². The van der Waals surface area contributed by atoms with Crippen LogP contribution in [0, 0.1) is 0 Å². The van der Waals surface area contributed by atoms with E-state index in [1.807, 2.05) is 42.5 Å². The number of ether oxygens (including phenoxy) is 2. The molecule has 24 heavy (non-hydrogen) atoms. The average Bonchev–Trinajstić information content (AvgIpc) is 3.25. The lowest BCUT2D eigenvalue weighted by Crippen LogP contribution is -2.35. The molecule has 0 radical (unpaired) electrons. The summed E-state index contributed by atoms with van der Waals surface area (Å²) in [5.41, 5.74) is 1.66. The Morgan fingerprint density at radius 3 is 2.92 bits per heavy atom. The van der Waals surface area contributed by atoms with Crippen molar-refractivity contribution in [3.8, 4) is 5.75 Å². The fourth-order valence-electron chi connectivity index (χ4n) is 3.03. The van der Waals surface area contributed by atoms with Gasteiger partial charge >= 0.3 is 0 Å². The van der Waals surface area contributed by atoms with Gasteiger partial charge in [0, 0.05) is 23.9 Å². The zero-order chi connectivity index (χ0) is 16.4. The Morgan fingerprint density at radius 2 is 2.04 bits per heavy atom. The first kappa shape index (κ1) is 15.0. The van der Waals surface area contributed by atoms with Crippen molar-refractivity contribution in [3.63, 3.8) is 0 Å². The molecule has 1 saturated heterocycles. The number of benzene rings is 2. The molecule has 1 atom stereocenters. The second kappa shape index (κ2) is 6.53. The van der Waals surface area contributed by atoms with Gasteiger partial charge in [-0.3, -0.25) is 4.79 Å². The molecule has 4 rings (SSSR count). The van der Waals surface area contributed by atoms with Gasteiger partial charge in [0.15, 0.2) is 6.61 Å². The fourth-order valence-corrected chi connectivity index (χ4v) is 3.03. The summed E-state index contributed by atoms with van der Waals surface area (Å²) >= 11 is 0. The molecular weight excluding hydrogens is 306 g/mol. The summed E-state index contributed by atoms with van der Waals surface area (Å²) in [6.07, 6.45) is 2.21. The molecule has 3 aromatic rings. The van der Waals surface area contributed by atoms with Crippen molar-refractivity contribution >= 4 is 27.8 Å². The first-order chi connectivity index (χ1) is 11.8. The monoisotopic (exact) mass is 325 g/mol. The van der Waals surface area contributed by atoms with Gasteiger partial charge in [-0.1, -0.05) is 18.2 Å². The Bertz CT molecular complexity index is 864. The molecule has 1 N–H and O–H groups in total. The van der Waals surface area contributed by atoms with Crippen LogP contribution < -0.4 is 10.1 Å². The minimum absolute atomic E-state index is 0.00594. The Morgan fingerprint density at radius 1 is 1.17 bits per heavy atom. The molecule has 2 heterocycles. The summed E-state index contributed by atoms with van der Waals surface area (Å²) in [5, 5.41) is 4.88. The van der Waals surface area contributed by atoms with Gasteiger partial charge in [0.1, 0.15) is 16.9 Å². The summed E-state index contributed by atoms with van der Waals surface area (Å²) in [6, 6.07) is 13.5. The SMILES string of the molecule is O=C(COc1ccc2oc3ccccc3c2c1)NC[C@@H]1CCCO1. The Labute approximate surface area is 139 Å². The van der Waals surface area contributed by atoms with E-state index in [-0.39, 0.29) is 18.6 Å². The van der Waals surface area contributed by atoms with Gasteiger partial charge in [0.2, 0.25) is 0 Å². The number of hydrogen-bond donors (Lipinski definition) is 1. The van der Waals surface area contributed by atoms with Gasteiger partial charge in [-0.25, -0.2) is 0 Å². The van der Waals surface area contributed by atoms with Crippen LogP contribution in [0.4, 0.5) is 0 Å². The molecule has 0 saturated carbocycles. The first-order valence-corrected chi connectivity index (χ1v) is 8.22. The first-order valence-electron chi connectivity index (χ1n) is 8.22. The molecule has 5 nitrogen and oxygen atoms in total.